The second-order valence-corrected chi connectivity index (χ2v) is 5.46. The Morgan fingerprint density at radius 2 is 2.00 bits per heavy atom. The van der Waals surface area contributed by atoms with Crippen molar-refractivity contribution < 1.29 is 0 Å². The number of halogens is 1. The maximum absolute atomic E-state index is 3.71. The van der Waals surface area contributed by atoms with Gasteiger partial charge >= 0.3 is 0 Å². The van der Waals surface area contributed by atoms with E-state index in [2.05, 4.69) is 22.9 Å². The Labute approximate surface area is 84.2 Å². The molecule has 2 fully saturated rings. The molecule has 2 saturated carbocycles. The molecule has 1 heteroatoms. The van der Waals surface area contributed by atoms with E-state index in [9.17, 15) is 0 Å². The molecule has 0 spiro atoms. The van der Waals surface area contributed by atoms with Crippen molar-refractivity contribution in [1.29, 1.82) is 0 Å². The quantitative estimate of drug-likeness (QED) is 0.642. The molecule has 0 N–H and O–H groups in total. The molecule has 0 aliphatic heterocycles. The normalized spacial score (nSPS) is 44.5. The second kappa shape index (κ2) is 3.32. The van der Waals surface area contributed by atoms with Gasteiger partial charge in [-0.3, -0.25) is 0 Å². The summed E-state index contributed by atoms with van der Waals surface area (Å²) in [4.78, 5) is 0. The summed E-state index contributed by atoms with van der Waals surface area (Å²) in [6, 6.07) is 0. The Morgan fingerprint density at radius 3 is 2.50 bits per heavy atom. The maximum Gasteiger partial charge on any atom is 0.00881 e. The molecule has 2 unspecified atom stereocenters. The lowest BCUT2D eigenvalue weighted by Crippen LogP contribution is -2.20. The van der Waals surface area contributed by atoms with E-state index in [0.29, 0.717) is 0 Å². The van der Waals surface area contributed by atoms with Crippen LogP contribution in [0.5, 0.6) is 0 Å². The molecule has 2 aliphatic carbocycles. The highest BCUT2D eigenvalue weighted by Crippen LogP contribution is 2.61. The lowest BCUT2D eigenvalue weighted by molar-refractivity contribution is 0.276. The molecule has 2 atom stereocenters. The number of alkyl halides is 1. The van der Waals surface area contributed by atoms with Crippen molar-refractivity contribution in [2.24, 2.45) is 17.3 Å². The van der Waals surface area contributed by atoms with Crippen LogP contribution in [0, 0.1) is 17.3 Å². The van der Waals surface area contributed by atoms with Crippen molar-refractivity contribution in [3.8, 4) is 0 Å². The zero-order valence-corrected chi connectivity index (χ0v) is 9.57. The fourth-order valence-corrected chi connectivity index (χ4v) is 3.68. The van der Waals surface area contributed by atoms with Crippen molar-refractivity contribution in [2.75, 3.05) is 5.33 Å². The Hall–Kier alpha value is 0.480. The first-order valence-electron chi connectivity index (χ1n) is 5.35. The van der Waals surface area contributed by atoms with Crippen LogP contribution in [-0.4, -0.2) is 5.33 Å². The Bertz CT molecular complexity index is 154. The molecule has 2 rings (SSSR count). The highest BCUT2D eigenvalue weighted by Gasteiger charge is 2.52. The third-order valence-corrected chi connectivity index (χ3v) is 4.99. The van der Waals surface area contributed by atoms with Crippen molar-refractivity contribution in [1.82, 2.24) is 0 Å². The molecule has 70 valence electrons. The summed E-state index contributed by atoms with van der Waals surface area (Å²) in [6.45, 7) is 2.30. The standard InChI is InChI=1S/C11H19Br/c1-2-3-4-11(8-12)6-9-5-10(9)7-11/h9-10H,2-8H2,1H3. The minimum atomic E-state index is 0.726. The van der Waals surface area contributed by atoms with Gasteiger partial charge in [-0.25, -0.2) is 0 Å². The monoisotopic (exact) mass is 230 g/mol. The topological polar surface area (TPSA) is 0 Å². The van der Waals surface area contributed by atoms with Crippen molar-refractivity contribution in [3.63, 3.8) is 0 Å². The summed E-state index contributed by atoms with van der Waals surface area (Å²) in [5.41, 5.74) is 0.726. The molecule has 0 aromatic carbocycles. The molecule has 12 heavy (non-hydrogen) atoms. The van der Waals surface area contributed by atoms with Crippen LogP contribution in [0.4, 0.5) is 0 Å². The summed E-state index contributed by atoms with van der Waals surface area (Å²) < 4.78 is 0. The first-order chi connectivity index (χ1) is 5.79. The zero-order chi connectivity index (χ0) is 8.60. The van der Waals surface area contributed by atoms with Gasteiger partial charge in [0.15, 0.2) is 0 Å². The van der Waals surface area contributed by atoms with Crippen molar-refractivity contribution in [3.05, 3.63) is 0 Å². The van der Waals surface area contributed by atoms with Crippen LogP contribution in [0.25, 0.3) is 0 Å². The lowest BCUT2D eigenvalue weighted by atomic mass is 9.80. The molecule has 0 nitrogen and oxygen atoms in total. The van der Waals surface area contributed by atoms with E-state index in [1.165, 1.54) is 37.4 Å². The van der Waals surface area contributed by atoms with Crippen LogP contribution in [-0.2, 0) is 0 Å². The number of rotatable bonds is 4. The van der Waals surface area contributed by atoms with Gasteiger partial charge < -0.3 is 0 Å². The van der Waals surface area contributed by atoms with Gasteiger partial charge in [0.05, 0.1) is 0 Å². The molecular formula is C11H19Br. The van der Waals surface area contributed by atoms with Crippen molar-refractivity contribution in [2.45, 2.75) is 45.4 Å². The number of hydrogen-bond donors (Lipinski definition) is 0. The van der Waals surface area contributed by atoms with E-state index in [4.69, 9.17) is 0 Å². The fourth-order valence-electron chi connectivity index (χ4n) is 2.94. The minimum absolute atomic E-state index is 0.726. The van der Waals surface area contributed by atoms with Crippen LogP contribution in [0.1, 0.15) is 45.4 Å². The van der Waals surface area contributed by atoms with Gasteiger partial charge in [-0.2, -0.15) is 0 Å². The summed E-state index contributed by atoms with van der Waals surface area (Å²) in [5.74, 6) is 2.28. The fraction of sp³-hybridized carbons (Fsp3) is 1.00. The minimum Gasteiger partial charge on any atom is -0.0922 e. The van der Waals surface area contributed by atoms with E-state index in [1.54, 1.807) is 6.42 Å². The van der Waals surface area contributed by atoms with Crippen LogP contribution < -0.4 is 0 Å². The molecular weight excluding hydrogens is 212 g/mol. The molecule has 0 aromatic heterocycles. The van der Waals surface area contributed by atoms with Gasteiger partial charge in [0, 0.05) is 5.33 Å². The predicted octanol–water partition coefficient (Wildman–Crippen LogP) is 3.99. The molecule has 0 heterocycles. The van der Waals surface area contributed by atoms with Gasteiger partial charge in [-0.05, 0) is 42.9 Å². The average Bonchev–Trinajstić information content (AvgIpc) is 2.72. The molecule has 0 aromatic rings. The summed E-state index contributed by atoms with van der Waals surface area (Å²) >= 11 is 3.71. The van der Waals surface area contributed by atoms with E-state index in [-0.39, 0.29) is 0 Å². The van der Waals surface area contributed by atoms with Crippen LogP contribution in [0.3, 0.4) is 0 Å². The molecule has 2 aliphatic rings. The number of hydrogen-bond acceptors (Lipinski definition) is 0. The van der Waals surface area contributed by atoms with Gasteiger partial charge in [0.1, 0.15) is 0 Å². The van der Waals surface area contributed by atoms with Gasteiger partial charge in [-0.1, -0.05) is 35.7 Å². The number of fused-ring (bicyclic) bond motifs is 1. The zero-order valence-electron chi connectivity index (χ0n) is 7.98. The third-order valence-electron chi connectivity index (χ3n) is 3.80. The summed E-state index contributed by atoms with van der Waals surface area (Å²) in [5, 5.41) is 1.26. The van der Waals surface area contributed by atoms with Crippen LogP contribution >= 0.6 is 15.9 Å². The number of unbranched alkanes of at least 4 members (excludes halogenated alkanes) is 1. The smallest absolute Gasteiger partial charge is 0.00881 e. The predicted molar refractivity (Wildman–Crippen MR) is 56.6 cm³/mol. The van der Waals surface area contributed by atoms with Gasteiger partial charge in [0.2, 0.25) is 0 Å². The van der Waals surface area contributed by atoms with Crippen LogP contribution in [0.2, 0.25) is 0 Å². The van der Waals surface area contributed by atoms with E-state index in [0.717, 1.165) is 17.3 Å². The van der Waals surface area contributed by atoms with Crippen molar-refractivity contribution >= 4 is 15.9 Å². The van der Waals surface area contributed by atoms with E-state index < -0.39 is 0 Å². The third kappa shape index (κ3) is 1.57. The molecule has 0 bridgehead atoms. The Morgan fingerprint density at radius 1 is 1.33 bits per heavy atom. The van der Waals surface area contributed by atoms with E-state index in [1.807, 2.05) is 0 Å². The van der Waals surface area contributed by atoms with E-state index >= 15 is 0 Å². The Kier molecular flexibility index (Phi) is 2.51. The van der Waals surface area contributed by atoms with Crippen LogP contribution in [0.15, 0.2) is 0 Å². The average molecular weight is 231 g/mol. The SMILES string of the molecule is CCCCC1(CBr)CC2CC2C1. The first kappa shape index (κ1) is 9.05. The largest absolute Gasteiger partial charge is 0.0922 e. The second-order valence-electron chi connectivity index (χ2n) is 4.90. The molecule has 0 saturated heterocycles. The Balaban J connectivity index is 1.87. The molecule has 0 radical (unpaired) electrons. The highest BCUT2D eigenvalue weighted by molar-refractivity contribution is 9.09. The van der Waals surface area contributed by atoms with Gasteiger partial charge in [0.25, 0.3) is 0 Å². The highest BCUT2D eigenvalue weighted by atomic mass is 79.9. The van der Waals surface area contributed by atoms with Gasteiger partial charge in [-0.15, -0.1) is 0 Å². The first-order valence-corrected chi connectivity index (χ1v) is 6.48. The lowest BCUT2D eigenvalue weighted by Gasteiger charge is -2.28. The molecule has 0 amide bonds. The summed E-state index contributed by atoms with van der Waals surface area (Å²) in [6.07, 6.45) is 8.89. The summed E-state index contributed by atoms with van der Waals surface area (Å²) in [7, 11) is 0. The maximum atomic E-state index is 3.71.